The smallest absolute Gasteiger partial charge is 0.216 e. The molecule has 0 fully saturated rings. The summed E-state index contributed by atoms with van der Waals surface area (Å²) < 4.78 is 0. The maximum Gasteiger partial charge on any atom is 0.216 e. The van der Waals surface area contributed by atoms with Crippen molar-refractivity contribution in [2.45, 2.75) is 20.3 Å². The molecule has 0 heterocycles. The molecule has 0 aromatic heterocycles. The van der Waals surface area contributed by atoms with Crippen LogP contribution in [0.4, 0.5) is 0 Å². The first-order chi connectivity index (χ1) is 7.61. The van der Waals surface area contributed by atoms with Crippen molar-refractivity contribution in [3.8, 4) is 0 Å². The molecule has 3 heteroatoms. The van der Waals surface area contributed by atoms with Crippen LogP contribution in [0.3, 0.4) is 0 Å². The van der Waals surface area contributed by atoms with Gasteiger partial charge in [-0.3, -0.25) is 4.79 Å². The first-order valence-electron chi connectivity index (χ1n) is 5.27. The highest BCUT2D eigenvalue weighted by Crippen LogP contribution is 2.19. The Hall–Kier alpha value is -1.28. The van der Waals surface area contributed by atoms with E-state index in [-0.39, 0.29) is 5.91 Å². The molecule has 16 heavy (non-hydrogen) atoms. The molecule has 0 aliphatic heterocycles. The number of amides is 1. The van der Waals surface area contributed by atoms with E-state index in [1.165, 1.54) is 6.92 Å². The number of hydrogen-bond donors (Lipinski definition) is 1. The average molecular weight is 238 g/mol. The second kappa shape index (κ2) is 6.33. The van der Waals surface area contributed by atoms with Crippen LogP contribution in [0.25, 0.3) is 6.08 Å². The molecule has 1 aromatic carbocycles. The topological polar surface area (TPSA) is 29.1 Å². The molecule has 0 saturated carbocycles. The molecular weight excluding hydrogens is 222 g/mol. The zero-order chi connectivity index (χ0) is 12.0. The lowest BCUT2D eigenvalue weighted by atomic mass is 10.1. The van der Waals surface area contributed by atoms with E-state index in [1.807, 2.05) is 37.3 Å². The lowest BCUT2D eigenvalue weighted by Crippen LogP contribution is -2.20. The minimum atomic E-state index is 0.00679. The van der Waals surface area contributed by atoms with Gasteiger partial charge in [-0.15, -0.1) is 0 Å². The summed E-state index contributed by atoms with van der Waals surface area (Å²) in [6.07, 6.45) is 4.89. The summed E-state index contributed by atoms with van der Waals surface area (Å²) in [5, 5.41) is 3.52. The number of benzene rings is 1. The Morgan fingerprint density at radius 2 is 2.25 bits per heavy atom. The van der Waals surface area contributed by atoms with Crippen molar-refractivity contribution in [3.05, 3.63) is 40.4 Å². The fourth-order valence-corrected chi connectivity index (χ4v) is 1.53. The maximum absolute atomic E-state index is 10.6. The van der Waals surface area contributed by atoms with Gasteiger partial charge in [0.25, 0.3) is 0 Å². The number of carbonyl (C=O) groups is 1. The molecule has 0 aliphatic carbocycles. The molecule has 0 atom stereocenters. The van der Waals surface area contributed by atoms with Gasteiger partial charge < -0.3 is 5.32 Å². The molecule has 0 bridgehead atoms. The van der Waals surface area contributed by atoms with E-state index in [0.717, 1.165) is 22.6 Å². The summed E-state index contributed by atoms with van der Waals surface area (Å²) in [6, 6.07) is 5.84. The van der Waals surface area contributed by atoms with Crippen LogP contribution in [0.1, 0.15) is 24.5 Å². The minimum Gasteiger partial charge on any atom is -0.356 e. The van der Waals surface area contributed by atoms with Crippen LogP contribution in [0.2, 0.25) is 5.02 Å². The SMILES string of the molecule is CC(=O)NCCC=Cc1cccc(Cl)c1C. The van der Waals surface area contributed by atoms with Crippen LogP contribution < -0.4 is 5.32 Å². The van der Waals surface area contributed by atoms with Crippen LogP contribution in [-0.2, 0) is 4.79 Å². The first-order valence-corrected chi connectivity index (χ1v) is 5.65. The minimum absolute atomic E-state index is 0.00679. The van der Waals surface area contributed by atoms with Crippen LogP contribution >= 0.6 is 11.6 Å². The van der Waals surface area contributed by atoms with Gasteiger partial charge in [0.1, 0.15) is 0 Å². The van der Waals surface area contributed by atoms with Crippen molar-refractivity contribution in [1.29, 1.82) is 0 Å². The summed E-state index contributed by atoms with van der Waals surface area (Å²) in [5.74, 6) is 0.00679. The van der Waals surface area contributed by atoms with Gasteiger partial charge in [0.15, 0.2) is 0 Å². The number of halogens is 1. The fourth-order valence-electron chi connectivity index (χ4n) is 1.35. The maximum atomic E-state index is 10.6. The van der Waals surface area contributed by atoms with Crippen LogP contribution in [0, 0.1) is 6.92 Å². The van der Waals surface area contributed by atoms with Gasteiger partial charge in [0.2, 0.25) is 5.91 Å². The standard InChI is InChI=1S/C13H16ClNO/c1-10-12(7-5-8-13(10)14)6-3-4-9-15-11(2)16/h3,5-8H,4,9H2,1-2H3,(H,15,16). The molecule has 0 saturated heterocycles. The quantitative estimate of drug-likeness (QED) is 0.801. The molecule has 1 aromatic rings. The van der Waals surface area contributed by atoms with Gasteiger partial charge in [-0.2, -0.15) is 0 Å². The van der Waals surface area contributed by atoms with Crippen molar-refractivity contribution in [2.24, 2.45) is 0 Å². The predicted octanol–water partition coefficient (Wildman–Crippen LogP) is 3.19. The molecule has 0 radical (unpaired) electrons. The summed E-state index contributed by atoms with van der Waals surface area (Å²) in [4.78, 5) is 10.6. The van der Waals surface area contributed by atoms with E-state index in [1.54, 1.807) is 0 Å². The molecule has 0 spiro atoms. The van der Waals surface area contributed by atoms with Gasteiger partial charge >= 0.3 is 0 Å². The van der Waals surface area contributed by atoms with Gasteiger partial charge in [-0.05, 0) is 30.5 Å². The molecule has 1 N–H and O–H groups in total. The molecule has 2 nitrogen and oxygen atoms in total. The van der Waals surface area contributed by atoms with E-state index < -0.39 is 0 Å². The van der Waals surface area contributed by atoms with Crippen molar-refractivity contribution >= 4 is 23.6 Å². The normalized spacial score (nSPS) is 10.7. The Labute approximate surface area is 101 Å². The summed E-state index contributed by atoms with van der Waals surface area (Å²) >= 11 is 6.00. The molecule has 1 rings (SSSR count). The summed E-state index contributed by atoms with van der Waals surface area (Å²) in [6.45, 7) is 4.19. The average Bonchev–Trinajstić information content (AvgIpc) is 2.23. The largest absolute Gasteiger partial charge is 0.356 e. The van der Waals surface area contributed by atoms with Gasteiger partial charge in [-0.25, -0.2) is 0 Å². The van der Waals surface area contributed by atoms with Crippen molar-refractivity contribution in [1.82, 2.24) is 5.32 Å². The monoisotopic (exact) mass is 237 g/mol. The van der Waals surface area contributed by atoms with E-state index in [2.05, 4.69) is 5.32 Å². The Morgan fingerprint density at radius 3 is 2.94 bits per heavy atom. The Kier molecular flexibility index (Phi) is 5.06. The Bertz CT molecular complexity index is 399. The number of rotatable bonds is 4. The summed E-state index contributed by atoms with van der Waals surface area (Å²) in [5.41, 5.74) is 2.20. The van der Waals surface area contributed by atoms with E-state index in [9.17, 15) is 4.79 Å². The van der Waals surface area contributed by atoms with Gasteiger partial charge in [0, 0.05) is 18.5 Å². The third-order valence-electron chi connectivity index (χ3n) is 2.29. The Balaban J connectivity index is 2.50. The number of hydrogen-bond acceptors (Lipinski definition) is 1. The van der Waals surface area contributed by atoms with Crippen LogP contribution in [0.5, 0.6) is 0 Å². The highest BCUT2D eigenvalue weighted by atomic mass is 35.5. The van der Waals surface area contributed by atoms with Gasteiger partial charge in [-0.1, -0.05) is 35.9 Å². The lowest BCUT2D eigenvalue weighted by Gasteiger charge is -2.02. The highest BCUT2D eigenvalue weighted by Gasteiger charge is 1.97. The molecule has 0 aliphatic rings. The Morgan fingerprint density at radius 1 is 1.50 bits per heavy atom. The highest BCUT2D eigenvalue weighted by molar-refractivity contribution is 6.31. The first kappa shape index (κ1) is 12.8. The number of nitrogens with one attached hydrogen (secondary N) is 1. The van der Waals surface area contributed by atoms with Crippen molar-refractivity contribution < 1.29 is 4.79 Å². The predicted molar refractivity (Wildman–Crippen MR) is 68.5 cm³/mol. The van der Waals surface area contributed by atoms with Crippen LogP contribution in [-0.4, -0.2) is 12.5 Å². The molecular formula is C13H16ClNO. The lowest BCUT2D eigenvalue weighted by molar-refractivity contribution is -0.118. The second-order valence-corrected chi connectivity index (χ2v) is 4.04. The third kappa shape index (κ3) is 4.07. The molecule has 1 amide bonds. The van der Waals surface area contributed by atoms with Crippen molar-refractivity contribution in [2.75, 3.05) is 6.54 Å². The summed E-state index contributed by atoms with van der Waals surface area (Å²) in [7, 11) is 0. The van der Waals surface area contributed by atoms with E-state index in [4.69, 9.17) is 11.6 Å². The van der Waals surface area contributed by atoms with Gasteiger partial charge in [0.05, 0.1) is 0 Å². The second-order valence-electron chi connectivity index (χ2n) is 3.63. The van der Waals surface area contributed by atoms with Crippen molar-refractivity contribution in [3.63, 3.8) is 0 Å². The zero-order valence-electron chi connectivity index (χ0n) is 9.59. The molecule has 0 unspecified atom stereocenters. The van der Waals surface area contributed by atoms with E-state index >= 15 is 0 Å². The molecule has 86 valence electrons. The number of carbonyl (C=O) groups excluding carboxylic acids is 1. The zero-order valence-corrected chi connectivity index (χ0v) is 10.3. The van der Waals surface area contributed by atoms with E-state index in [0.29, 0.717) is 6.54 Å². The third-order valence-corrected chi connectivity index (χ3v) is 2.70. The van der Waals surface area contributed by atoms with Crippen LogP contribution in [0.15, 0.2) is 24.3 Å². The fraction of sp³-hybridized carbons (Fsp3) is 0.308.